The van der Waals surface area contributed by atoms with Gasteiger partial charge in [-0.1, -0.05) is 45.2 Å². The molecule has 1 saturated carbocycles. The van der Waals surface area contributed by atoms with Gasteiger partial charge in [-0.05, 0) is 74.1 Å². The summed E-state index contributed by atoms with van der Waals surface area (Å²) in [4.78, 5) is 28.6. The molecule has 1 N–H and O–H groups in total. The summed E-state index contributed by atoms with van der Waals surface area (Å²) in [5, 5.41) is 11.5. The molecule has 2 aliphatic rings. The zero-order chi connectivity index (χ0) is 25.8. The summed E-state index contributed by atoms with van der Waals surface area (Å²) in [7, 11) is 0. The maximum atomic E-state index is 13.5. The number of aliphatic hydroxyl groups excluding tert-OH is 1. The van der Waals surface area contributed by atoms with Crippen LogP contribution >= 0.6 is 0 Å². The summed E-state index contributed by atoms with van der Waals surface area (Å²) in [6.45, 7) is 9.06. The number of hydrogen-bond donors (Lipinski definition) is 1. The van der Waals surface area contributed by atoms with Crippen LogP contribution in [0.25, 0.3) is 5.76 Å². The first-order chi connectivity index (χ1) is 17.4. The van der Waals surface area contributed by atoms with E-state index in [1.807, 2.05) is 50.2 Å². The van der Waals surface area contributed by atoms with Gasteiger partial charge in [-0.3, -0.25) is 9.59 Å². The Bertz CT molecular complexity index is 1130. The van der Waals surface area contributed by atoms with Crippen LogP contribution in [0.5, 0.6) is 11.5 Å². The number of ether oxygens (including phenoxy) is 2. The first kappa shape index (κ1) is 25.8. The van der Waals surface area contributed by atoms with Gasteiger partial charge in [0.1, 0.15) is 17.3 Å². The highest BCUT2D eigenvalue weighted by Crippen LogP contribution is 2.44. The number of aliphatic hydroxyl groups is 1. The van der Waals surface area contributed by atoms with E-state index in [0.29, 0.717) is 18.8 Å². The van der Waals surface area contributed by atoms with Crippen LogP contribution in [0, 0.1) is 0 Å². The Balaban J connectivity index is 1.84. The molecule has 1 unspecified atom stereocenters. The summed E-state index contributed by atoms with van der Waals surface area (Å²) in [6.07, 6.45) is 4.92. The van der Waals surface area contributed by atoms with Crippen LogP contribution in [0.1, 0.15) is 88.4 Å². The molecule has 192 valence electrons. The minimum Gasteiger partial charge on any atom is -0.507 e. The molecule has 1 atom stereocenters. The normalized spacial score (nSPS) is 20.2. The lowest BCUT2D eigenvalue weighted by Gasteiger charge is -2.35. The molecule has 0 aromatic heterocycles. The Labute approximate surface area is 213 Å². The van der Waals surface area contributed by atoms with Crippen molar-refractivity contribution in [3.8, 4) is 11.5 Å². The second-order valence-electron chi connectivity index (χ2n) is 9.84. The topological polar surface area (TPSA) is 76.1 Å². The summed E-state index contributed by atoms with van der Waals surface area (Å²) < 4.78 is 11.4. The van der Waals surface area contributed by atoms with Gasteiger partial charge in [0.05, 0.1) is 24.8 Å². The molecule has 0 spiro atoms. The number of rotatable bonds is 8. The van der Waals surface area contributed by atoms with Crippen molar-refractivity contribution in [1.29, 1.82) is 0 Å². The fourth-order valence-electron chi connectivity index (χ4n) is 5.42. The van der Waals surface area contributed by atoms with Gasteiger partial charge in [0, 0.05) is 11.6 Å². The third-order valence-corrected chi connectivity index (χ3v) is 7.16. The van der Waals surface area contributed by atoms with Crippen LogP contribution in [0.4, 0.5) is 0 Å². The van der Waals surface area contributed by atoms with E-state index in [1.54, 1.807) is 11.0 Å². The van der Waals surface area contributed by atoms with Gasteiger partial charge in [-0.15, -0.1) is 0 Å². The molecule has 1 saturated heterocycles. The maximum absolute atomic E-state index is 13.5. The zero-order valence-corrected chi connectivity index (χ0v) is 21.8. The molecule has 6 nitrogen and oxygen atoms in total. The summed E-state index contributed by atoms with van der Waals surface area (Å²) >= 11 is 0. The van der Waals surface area contributed by atoms with Crippen molar-refractivity contribution in [2.45, 2.75) is 77.8 Å². The fourth-order valence-corrected chi connectivity index (χ4v) is 5.42. The van der Waals surface area contributed by atoms with Crippen molar-refractivity contribution in [1.82, 2.24) is 4.90 Å². The van der Waals surface area contributed by atoms with E-state index >= 15 is 0 Å². The number of carbonyl (C=O) groups is 2. The van der Waals surface area contributed by atoms with Crippen LogP contribution in [0.2, 0.25) is 0 Å². The number of Topliss-reactive ketones (excluding diaryl/α,β-unsaturated/α-hetero) is 1. The van der Waals surface area contributed by atoms with Crippen LogP contribution in [-0.4, -0.2) is 41.0 Å². The van der Waals surface area contributed by atoms with Crippen molar-refractivity contribution >= 4 is 17.4 Å². The standard InChI is InChI=1S/C30H37NO5/c1-5-35-23-15-12-20(13-16-23)27-26(29(33)30(34)31(27)22-10-8-7-9-11-22)28(32)21-14-17-25(36-6-2)24(18-21)19(3)4/h12-19,22,27,32H,5-11H2,1-4H3/b28-26-. The van der Waals surface area contributed by atoms with Crippen LogP contribution < -0.4 is 9.47 Å². The van der Waals surface area contributed by atoms with Gasteiger partial charge in [-0.2, -0.15) is 0 Å². The largest absolute Gasteiger partial charge is 0.507 e. The average Bonchev–Trinajstić information content (AvgIpc) is 3.15. The Kier molecular flexibility index (Phi) is 8.02. The molecular formula is C30H37NO5. The predicted molar refractivity (Wildman–Crippen MR) is 140 cm³/mol. The SMILES string of the molecule is CCOc1ccc(C2/C(=C(/O)c3ccc(OCC)c(C(C)C)c3)C(=O)C(=O)N2C2CCCCC2)cc1. The van der Waals surface area contributed by atoms with E-state index < -0.39 is 17.7 Å². The highest BCUT2D eigenvalue weighted by molar-refractivity contribution is 6.46. The van der Waals surface area contributed by atoms with Crippen molar-refractivity contribution in [3.63, 3.8) is 0 Å². The Morgan fingerprint density at radius 3 is 2.25 bits per heavy atom. The van der Waals surface area contributed by atoms with Crippen LogP contribution in [0.3, 0.4) is 0 Å². The number of nitrogens with zero attached hydrogens (tertiary/aromatic N) is 1. The molecular weight excluding hydrogens is 454 g/mol. The lowest BCUT2D eigenvalue weighted by atomic mass is 9.90. The summed E-state index contributed by atoms with van der Waals surface area (Å²) in [6, 6.07) is 12.3. The number of likely N-dealkylation sites (tertiary alicyclic amines) is 1. The Morgan fingerprint density at radius 1 is 0.972 bits per heavy atom. The third kappa shape index (κ3) is 4.99. The van der Waals surface area contributed by atoms with Gasteiger partial charge < -0.3 is 19.5 Å². The number of hydrogen-bond acceptors (Lipinski definition) is 5. The van der Waals surface area contributed by atoms with E-state index in [0.717, 1.165) is 54.7 Å². The van der Waals surface area contributed by atoms with E-state index in [1.165, 1.54) is 0 Å². The van der Waals surface area contributed by atoms with Crippen molar-refractivity contribution in [2.75, 3.05) is 13.2 Å². The first-order valence-electron chi connectivity index (χ1n) is 13.2. The number of amides is 1. The summed E-state index contributed by atoms with van der Waals surface area (Å²) in [5.41, 5.74) is 2.40. The second kappa shape index (κ2) is 11.2. The highest BCUT2D eigenvalue weighted by atomic mass is 16.5. The molecule has 1 aliphatic heterocycles. The van der Waals surface area contributed by atoms with Crippen molar-refractivity contribution in [2.24, 2.45) is 0 Å². The summed E-state index contributed by atoms with van der Waals surface area (Å²) in [5.74, 6) is 0.342. The van der Waals surface area contributed by atoms with Gasteiger partial charge in [0.25, 0.3) is 11.7 Å². The lowest BCUT2D eigenvalue weighted by Crippen LogP contribution is -2.40. The average molecular weight is 492 g/mol. The quantitative estimate of drug-likeness (QED) is 0.264. The highest BCUT2D eigenvalue weighted by Gasteiger charge is 2.48. The molecule has 1 heterocycles. The molecule has 2 aromatic carbocycles. The molecule has 1 amide bonds. The fraction of sp³-hybridized carbons (Fsp3) is 0.467. The lowest BCUT2D eigenvalue weighted by molar-refractivity contribution is -0.141. The minimum absolute atomic E-state index is 0.0244. The minimum atomic E-state index is -0.641. The van der Waals surface area contributed by atoms with Crippen LogP contribution in [-0.2, 0) is 9.59 Å². The van der Waals surface area contributed by atoms with Crippen LogP contribution in [0.15, 0.2) is 48.0 Å². The smallest absolute Gasteiger partial charge is 0.295 e. The molecule has 2 aromatic rings. The van der Waals surface area contributed by atoms with Gasteiger partial charge in [0.15, 0.2) is 0 Å². The van der Waals surface area contributed by atoms with E-state index in [4.69, 9.17) is 9.47 Å². The Hall–Kier alpha value is -3.28. The second-order valence-corrected chi connectivity index (χ2v) is 9.84. The maximum Gasteiger partial charge on any atom is 0.295 e. The molecule has 1 aliphatic carbocycles. The predicted octanol–water partition coefficient (Wildman–Crippen LogP) is 6.36. The molecule has 0 bridgehead atoms. The monoisotopic (exact) mass is 491 g/mol. The molecule has 2 fully saturated rings. The first-order valence-corrected chi connectivity index (χ1v) is 13.2. The van der Waals surface area contributed by atoms with Gasteiger partial charge in [-0.25, -0.2) is 0 Å². The number of carbonyl (C=O) groups excluding carboxylic acids is 2. The Morgan fingerprint density at radius 2 is 1.64 bits per heavy atom. The number of ketones is 1. The van der Waals surface area contributed by atoms with E-state index in [-0.39, 0.29) is 23.3 Å². The zero-order valence-electron chi connectivity index (χ0n) is 21.8. The van der Waals surface area contributed by atoms with Gasteiger partial charge in [0.2, 0.25) is 0 Å². The third-order valence-electron chi connectivity index (χ3n) is 7.16. The van der Waals surface area contributed by atoms with E-state index in [9.17, 15) is 14.7 Å². The van der Waals surface area contributed by atoms with Crippen molar-refractivity contribution < 1.29 is 24.2 Å². The van der Waals surface area contributed by atoms with Gasteiger partial charge >= 0.3 is 0 Å². The van der Waals surface area contributed by atoms with E-state index in [2.05, 4.69) is 13.8 Å². The molecule has 0 radical (unpaired) electrons. The molecule has 4 rings (SSSR count). The molecule has 36 heavy (non-hydrogen) atoms. The van der Waals surface area contributed by atoms with Crippen molar-refractivity contribution in [3.05, 3.63) is 64.7 Å². The molecule has 6 heteroatoms. The number of benzene rings is 2.